The topological polar surface area (TPSA) is 139 Å². The maximum atomic E-state index is 6.88. The van der Waals surface area contributed by atoms with Gasteiger partial charge in [-0.1, -0.05) is 255 Å². The van der Waals surface area contributed by atoms with Crippen LogP contribution in [0.25, 0.3) is 223 Å². The second-order valence-corrected chi connectivity index (χ2v) is 28.2. The second-order valence-electron chi connectivity index (χ2n) is 28.2. The molecular formula is C100H60N10O2. The number of fused-ring (bicyclic) bond motifs is 10. The molecule has 6 aromatic heterocycles. The molecule has 0 aliphatic rings. The van der Waals surface area contributed by atoms with E-state index in [4.69, 9.17) is 48.7 Å². The molecule has 0 aliphatic carbocycles. The van der Waals surface area contributed by atoms with E-state index in [-0.39, 0.29) is 0 Å². The molecule has 0 unspecified atom stereocenters. The van der Waals surface area contributed by atoms with Crippen LogP contribution in [-0.2, 0) is 0 Å². The number of oxazole rings is 2. The van der Waals surface area contributed by atoms with Crippen LogP contribution in [0, 0.1) is 0 Å². The van der Waals surface area contributed by atoms with Crippen LogP contribution in [-0.4, -0.2) is 49.0 Å². The Labute approximate surface area is 641 Å². The Hall–Kier alpha value is -15.4. The standard InChI is InChI=1S/C100H60N10O2/c1-4-19-64(20-5-1)93-103-94(65-21-6-2-7-22-65)105-96(104-93)67-40-37-61(38-41-67)70-42-39-63-49-53-78(59-76(63)58-70)110-86-33-14-11-28-80(86)92-82(30-18-35-88(92)110)100-102-84-54-50-73(60-90(84)112-100)68-25-16-26-74(56-68)97-106-95(66-23-8-3-9-24-66)107-98(108-97)75-46-45-71-55-69(43-44-72(71)57-75)62-47-51-77(52-48-62)109-85-32-13-10-27-79(85)91-81(29-17-34-87(91)109)99-101-83-31-12-15-36-89(83)111-99/h1-60H. The van der Waals surface area contributed by atoms with Crippen LogP contribution in [0.3, 0.4) is 0 Å². The molecule has 0 atom stereocenters. The zero-order valence-corrected chi connectivity index (χ0v) is 59.9. The van der Waals surface area contributed by atoms with Crippen molar-refractivity contribution in [3.8, 4) is 136 Å². The molecule has 0 spiro atoms. The Morgan fingerprint density at radius 2 is 0.554 bits per heavy atom. The van der Waals surface area contributed by atoms with Gasteiger partial charge in [0, 0.05) is 77.4 Å². The van der Waals surface area contributed by atoms with Crippen LogP contribution in [0.5, 0.6) is 0 Å². The van der Waals surface area contributed by atoms with E-state index in [9.17, 15) is 0 Å². The SMILES string of the molecule is c1ccc(-c2nc(-c3ccccc3)nc(-c3ccc(-c4ccc5ccc(-n6c7ccccc7c7c(-c8nc9ccc(-c%10cccc(-c%11nc(-c%12ccccc%12)nc(-c%12ccc%13cc(-c%14ccc(-n%15c%16ccccc%16c%16c(-c%17nc%18ccccc%18o%17)cccc%16%15)cc%14)ccc%13c%12)n%11)c%10)cc9o8)cccc76)cc5c4)cc3)n2)cc1. The summed E-state index contributed by atoms with van der Waals surface area (Å²) >= 11 is 0. The molecule has 12 nitrogen and oxygen atoms in total. The molecule has 12 heteroatoms. The molecule has 6 heterocycles. The van der Waals surface area contributed by atoms with E-state index in [0.717, 1.165) is 171 Å². The van der Waals surface area contributed by atoms with Crippen molar-refractivity contribution in [2.45, 2.75) is 0 Å². The Kier molecular flexibility index (Phi) is 15.0. The van der Waals surface area contributed by atoms with Gasteiger partial charge in [-0.05, 0) is 164 Å². The molecule has 22 rings (SSSR count). The first-order valence-electron chi connectivity index (χ1n) is 37.3. The lowest BCUT2D eigenvalue weighted by molar-refractivity contribution is 0.620. The average Bonchev–Trinajstić information content (AvgIpc) is 1.58. The third-order valence-electron chi connectivity index (χ3n) is 21.5. The van der Waals surface area contributed by atoms with Crippen LogP contribution < -0.4 is 0 Å². The Bertz CT molecular complexity index is 7400. The largest absolute Gasteiger partial charge is 0.436 e. The number of nitrogens with zero attached hydrogens (tertiary/aromatic N) is 10. The highest BCUT2D eigenvalue weighted by Crippen LogP contribution is 2.44. The number of para-hydroxylation sites is 4. The fourth-order valence-electron chi connectivity index (χ4n) is 16.0. The van der Waals surface area contributed by atoms with Crippen LogP contribution in [0.15, 0.2) is 373 Å². The summed E-state index contributed by atoms with van der Waals surface area (Å²) in [4.78, 5) is 40.5. The van der Waals surface area contributed by atoms with E-state index >= 15 is 0 Å². The van der Waals surface area contributed by atoms with E-state index in [2.05, 4.69) is 252 Å². The van der Waals surface area contributed by atoms with Crippen molar-refractivity contribution in [3.05, 3.63) is 364 Å². The average molecular weight is 1430 g/mol. The van der Waals surface area contributed by atoms with Crippen LogP contribution in [0.1, 0.15) is 0 Å². The maximum Gasteiger partial charge on any atom is 0.228 e. The van der Waals surface area contributed by atoms with Gasteiger partial charge in [0.2, 0.25) is 11.8 Å². The Balaban J connectivity index is 0.547. The number of hydrogen-bond acceptors (Lipinski definition) is 10. The highest BCUT2D eigenvalue weighted by Gasteiger charge is 2.24. The quantitative estimate of drug-likeness (QED) is 0.110. The first-order chi connectivity index (χ1) is 55.4. The summed E-state index contributed by atoms with van der Waals surface area (Å²) in [6.45, 7) is 0. The van der Waals surface area contributed by atoms with E-state index < -0.39 is 0 Å². The maximum absolute atomic E-state index is 6.88. The number of benzene rings is 16. The summed E-state index contributed by atoms with van der Waals surface area (Å²) in [5.41, 5.74) is 23.1. The summed E-state index contributed by atoms with van der Waals surface area (Å²) in [7, 11) is 0. The van der Waals surface area contributed by atoms with E-state index in [1.165, 1.54) is 0 Å². The molecule has 16 aromatic carbocycles. The molecule has 0 N–H and O–H groups in total. The molecule has 22 aromatic rings. The van der Waals surface area contributed by atoms with Crippen molar-refractivity contribution in [1.82, 2.24) is 49.0 Å². The minimum atomic E-state index is 0.545. The second kappa shape index (κ2) is 26.2. The van der Waals surface area contributed by atoms with Gasteiger partial charge in [0.15, 0.2) is 46.1 Å². The van der Waals surface area contributed by atoms with Crippen molar-refractivity contribution in [2.75, 3.05) is 0 Å². The minimum Gasteiger partial charge on any atom is -0.436 e. The van der Waals surface area contributed by atoms with Gasteiger partial charge in [-0.2, -0.15) is 0 Å². The lowest BCUT2D eigenvalue weighted by atomic mass is 9.99. The van der Waals surface area contributed by atoms with Crippen molar-refractivity contribution < 1.29 is 8.83 Å². The summed E-state index contributed by atoms with van der Waals surface area (Å²) < 4.78 is 17.9. The first-order valence-corrected chi connectivity index (χ1v) is 37.3. The lowest BCUT2D eigenvalue weighted by Gasteiger charge is -2.11. The molecule has 0 bridgehead atoms. The molecule has 522 valence electrons. The molecular weight excluding hydrogens is 1370 g/mol. The van der Waals surface area contributed by atoms with Gasteiger partial charge in [0.25, 0.3) is 0 Å². The van der Waals surface area contributed by atoms with Gasteiger partial charge in [0.1, 0.15) is 11.0 Å². The third kappa shape index (κ3) is 11.2. The predicted molar refractivity (Wildman–Crippen MR) is 452 cm³/mol. The van der Waals surface area contributed by atoms with Gasteiger partial charge in [-0.25, -0.2) is 39.9 Å². The Morgan fingerprint density at radius 3 is 1.13 bits per heavy atom. The predicted octanol–water partition coefficient (Wildman–Crippen LogP) is 25.2. The number of aromatic nitrogens is 10. The monoisotopic (exact) mass is 1430 g/mol. The van der Waals surface area contributed by atoms with Crippen molar-refractivity contribution in [2.24, 2.45) is 0 Å². The van der Waals surface area contributed by atoms with Crippen molar-refractivity contribution in [1.29, 1.82) is 0 Å². The zero-order chi connectivity index (χ0) is 73.7. The van der Waals surface area contributed by atoms with Gasteiger partial charge < -0.3 is 18.0 Å². The molecule has 0 fully saturated rings. The molecule has 0 saturated carbocycles. The van der Waals surface area contributed by atoms with Crippen molar-refractivity contribution >= 4 is 87.4 Å². The summed E-state index contributed by atoms with van der Waals surface area (Å²) in [5, 5.41) is 8.85. The Morgan fingerprint density at radius 1 is 0.196 bits per heavy atom. The molecule has 0 saturated heterocycles. The normalized spacial score (nSPS) is 11.8. The fourth-order valence-corrected chi connectivity index (χ4v) is 16.0. The highest BCUT2D eigenvalue weighted by atomic mass is 16.4. The summed E-state index contributed by atoms with van der Waals surface area (Å²) in [5.74, 6) is 4.77. The van der Waals surface area contributed by atoms with E-state index in [0.29, 0.717) is 52.3 Å². The lowest BCUT2D eigenvalue weighted by Crippen LogP contribution is -2.00. The van der Waals surface area contributed by atoms with E-state index in [1.807, 2.05) is 121 Å². The molecule has 0 aliphatic heterocycles. The number of rotatable bonds is 13. The van der Waals surface area contributed by atoms with Gasteiger partial charge in [-0.15, -0.1) is 0 Å². The zero-order valence-electron chi connectivity index (χ0n) is 59.9. The first kappa shape index (κ1) is 63.8. The molecule has 112 heavy (non-hydrogen) atoms. The number of hydrogen-bond donors (Lipinski definition) is 0. The minimum absolute atomic E-state index is 0.545. The van der Waals surface area contributed by atoms with Gasteiger partial charge in [0.05, 0.1) is 22.1 Å². The van der Waals surface area contributed by atoms with Crippen LogP contribution in [0.2, 0.25) is 0 Å². The van der Waals surface area contributed by atoms with Gasteiger partial charge >= 0.3 is 0 Å². The third-order valence-corrected chi connectivity index (χ3v) is 21.5. The summed E-state index contributed by atoms with van der Waals surface area (Å²) in [6, 6.07) is 127. The van der Waals surface area contributed by atoms with Crippen LogP contribution in [0.4, 0.5) is 0 Å². The van der Waals surface area contributed by atoms with Crippen LogP contribution >= 0.6 is 0 Å². The van der Waals surface area contributed by atoms with Crippen molar-refractivity contribution in [3.63, 3.8) is 0 Å². The smallest absolute Gasteiger partial charge is 0.228 e. The van der Waals surface area contributed by atoms with E-state index in [1.54, 1.807) is 0 Å². The summed E-state index contributed by atoms with van der Waals surface area (Å²) in [6.07, 6.45) is 0. The molecule has 0 radical (unpaired) electrons. The molecule has 0 amide bonds. The van der Waals surface area contributed by atoms with Gasteiger partial charge in [-0.3, -0.25) is 0 Å². The fraction of sp³-hybridized carbons (Fsp3) is 0. The highest BCUT2D eigenvalue weighted by molar-refractivity contribution is 6.17.